The van der Waals surface area contributed by atoms with E-state index in [2.05, 4.69) is 62.4 Å². The van der Waals surface area contributed by atoms with E-state index in [4.69, 9.17) is 9.72 Å². The van der Waals surface area contributed by atoms with E-state index in [-0.39, 0.29) is 5.97 Å². The summed E-state index contributed by atoms with van der Waals surface area (Å²) in [4.78, 5) is 17.8. The third kappa shape index (κ3) is 5.49. The van der Waals surface area contributed by atoms with Crippen LogP contribution in [0.2, 0.25) is 0 Å². The quantitative estimate of drug-likeness (QED) is 0.250. The van der Waals surface area contributed by atoms with Crippen LogP contribution in [-0.4, -0.2) is 41.7 Å². The summed E-state index contributed by atoms with van der Waals surface area (Å²) in [5.74, 6) is 1.37. The van der Waals surface area contributed by atoms with Crippen molar-refractivity contribution in [2.24, 2.45) is 0 Å². The minimum absolute atomic E-state index is 0.317. The molecule has 0 unspecified atom stereocenters. The summed E-state index contributed by atoms with van der Waals surface area (Å²) in [6, 6.07) is 22.1. The van der Waals surface area contributed by atoms with Gasteiger partial charge >= 0.3 is 5.97 Å². The molecule has 5 rings (SSSR count). The second kappa shape index (κ2) is 10.6. The fourth-order valence-electron chi connectivity index (χ4n) is 4.53. The van der Waals surface area contributed by atoms with Crippen molar-refractivity contribution in [2.45, 2.75) is 59.1 Å². The molecule has 0 spiro atoms. The van der Waals surface area contributed by atoms with Crippen molar-refractivity contribution in [1.29, 1.82) is 0 Å². The van der Waals surface area contributed by atoms with Crippen LogP contribution in [0.3, 0.4) is 0 Å². The number of carbonyl (C=O) groups is 1. The molecule has 0 aliphatic rings. The Morgan fingerprint density at radius 1 is 1.00 bits per heavy atom. The minimum Gasteiger partial charge on any atom is -0.456 e. The zero-order valence-corrected chi connectivity index (χ0v) is 22.2. The predicted molar refractivity (Wildman–Crippen MR) is 148 cm³/mol. The highest BCUT2D eigenvalue weighted by Crippen LogP contribution is 2.28. The molecule has 0 atom stereocenters. The number of esters is 1. The van der Waals surface area contributed by atoms with Gasteiger partial charge in [0.1, 0.15) is 11.4 Å². The van der Waals surface area contributed by atoms with Crippen molar-refractivity contribution in [2.75, 3.05) is 0 Å². The van der Waals surface area contributed by atoms with Crippen LogP contribution in [0.25, 0.3) is 33.5 Å². The number of aromatic amines is 1. The Labute approximate surface area is 222 Å². The second-order valence-corrected chi connectivity index (χ2v) is 10.4. The maximum atomic E-state index is 12.8. The van der Waals surface area contributed by atoms with E-state index in [9.17, 15) is 4.79 Å². The first-order valence-corrected chi connectivity index (χ1v) is 13.0. The number of H-pyrrole nitrogens is 1. The van der Waals surface area contributed by atoms with Gasteiger partial charge in [0.25, 0.3) is 0 Å². The fraction of sp³-hybridized carbons (Fsp3) is 0.300. The lowest BCUT2D eigenvalue weighted by Gasteiger charge is -2.20. The molecule has 5 aromatic rings. The lowest BCUT2D eigenvalue weighted by Crippen LogP contribution is -2.24. The number of benzene rings is 3. The fourth-order valence-corrected chi connectivity index (χ4v) is 4.53. The number of unbranched alkanes of at least 4 members (excludes halogenated alkanes) is 1. The topological polar surface area (TPSA) is 98.6 Å². The van der Waals surface area contributed by atoms with Gasteiger partial charge in [-0.25, -0.2) is 14.9 Å². The van der Waals surface area contributed by atoms with Gasteiger partial charge in [0.2, 0.25) is 0 Å². The number of rotatable bonds is 8. The zero-order valence-electron chi connectivity index (χ0n) is 22.2. The molecule has 3 aromatic carbocycles. The van der Waals surface area contributed by atoms with Gasteiger partial charge in [0, 0.05) is 18.5 Å². The van der Waals surface area contributed by atoms with Gasteiger partial charge in [-0.15, -0.1) is 5.10 Å². The highest BCUT2D eigenvalue weighted by molar-refractivity contribution is 5.97. The summed E-state index contributed by atoms with van der Waals surface area (Å²) >= 11 is 0. The number of carbonyl (C=O) groups excluding carboxylic acids is 1. The van der Waals surface area contributed by atoms with E-state index >= 15 is 0 Å². The van der Waals surface area contributed by atoms with Crippen LogP contribution in [0, 0.1) is 0 Å². The molecule has 0 saturated heterocycles. The summed E-state index contributed by atoms with van der Waals surface area (Å²) in [6.07, 6.45) is 3.08. The predicted octanol–water partition coefficient (Wildman–Crippen LogP) is 6.23. The van der Waals surface area contributed by atoms with Crippen molar-refractivity contribution < 1.29 is 9.53 Å². The van der Waals surface area contributed by atoms with Gasteiger partial charge in [-0.3, -0.25) is 0 Å². The lowest BCUT2D eigenvalue weighted by molar-refractivity contribution is 0.00704. The molecular formula is C30H32N6O2. The first-order chi connectivity index (χ1) is 18.3. The molecule has 0 saturated carbocycles. The van der Waals surface area contributed by atoms with E-state index in [0.717, 1.165) is 58.4 Å². The molecule has 194 valence electrons. The molecule has 38 heavy (non-hydrogen) atoms. The Morgan fingerprint density at radius 2 is 1.76 bits per heavy atom. The van der Waals surface area contributed by atoms with Crippen LogP contribution in [0.4, 0.5) is 0 Å². The van der Waals surface area contributed by atoms with E-state index in [1.165, 1.54) is 0 Å². The summed E-state index contributed by atoms with van der Waals surface area (Å²) < 4.78 is 7.92. The monoisotopic (exact) mass is 508 g/mol. The summed E-state index contributed by atoms with van der Waals surface area (Å²) in [6.45, 7) is 8.53. The largest absolute Gasteiger partial charge is 0.456 e. The smallest absolute Gasteiger partial charge is 0.339 e. The Balaban J connectivity index is 1.44. The van der Waals surface area contributed by atoms with Crippen LogP contribution in [0.5, 0.6) is 0 Å². The van der Waals surface area contributed by atoms with Gasteiger partial charge < -0.3 is 9.30 Å². The van der Waals surface area contributed by atoms with Crippen LogP contribution < -0.4 is 0 Å². The molecule has 0 fully saturated rings. The minimum atomic E-state index is -0.552. The first kappa shape index (κ1) is 25.3. The SMILES string of the molecule is CCCCc1nc2cc(-c3nnn[nH]3)ccc2n1Cc1ccc(-c2ccccc2C(=O)OC(C)(C)C)cc1. The van der Waals surface area contributed by atoms with Gasteiger partial charge in [-0.1, -0.05) is 55.8 Å². The molecule has 0 radical (unpaired) electrons. The highest BCUT2D eigenvalue weighted by Gasteiger charge is 2.21. The van der Waals surface area contributed by atoms with Crippen molar-refractivity contribution in [3.05, 3.63) is 83.7 Å². The maximum Gasteiger partial charge on any atom is 0.339 e. The van der Waals surface area contributed by atoms with E-state index in [1.54, 1.807) is 0 Å². The molecule has 2 heterocycles. The third-order valence-electron chi connectivity index (χ3n) is 6.35. The van der Waals surface area contributed by atoms with Crippen molar-refractivity contribution >= 4 is 17.0 Å². The summed E-state index contributed by atoms with van der Waals surface area (Å²) in [5, 5.41) is 14.2. The van der Waals surface area contributed by atoms with Gasteiger partial charge in [-0.05, 0) is 78.6 Å². The van der Waals surface area contributed by atoms with E-state index < -0.39 is 5.60 Å². The standard InChI is InChI=1S/C30H32N6O2/c1-5-6-11-27-31-25-18-22(28-32-34-35-33-28)16-17-26(25)36(27)19-20-12-14-21(15-13-20)23-9-7-8-10-24(23)29(37)38-30(2,3)4/h7-10,12-18H,5-6,11,19H2,1-4H3,(H,32,33,34,35). The van der Waals surface area contributed by atoms with Crippen LogP contribution >= 0.6 is 0 Å². The van der Waals surface area contributed by atoms with Crippen molar-refractivity contribution in [1.82, 2.24) is 30.2 Å². The molecule has 8 nitrogen and oxygen atoms in total. The molecule has 0 aliphatic carbocycles. The number of tetrazole rings is 1. The number of nitrogens with one attached hydrogen (secondary N) is 1. The normalized spacial score (nSPS) is 11.7. The van der Waals surface area contributed by atoms with Gasteiger partial charge in [-0.2, -0.15) is 0 Å². The Morgan fingerprint density at radius 3 is 2.47 bits per heavy atom. The number of nitrogens with zero attached hydrogens (tertiary/aromatic N) is 5. The van der Waals surface area contributed by atoms with Gasteiger partial charge in [0.15, 0.2) is 5.82 Å². The average molecular weight is 509 g/mol. The number of hydrogen-bond donors (Lipinski definition) is 1. The Bertz CT molecular complexity index is 1550. The van der Waals surface area contributed by atoms with E-state index in [1.807, 2.05) is 57.2 Å². The summed E-state index contributed by atoms with van der Waals surface area (Å²) in [7, 11) is 0. The first-order valence-electron chi connectivity index (χ1n) is 13.0. The van der Waals surface area contributed by atoms with E-state index in [0.29, 0.717) is 17.9 Å². The molecule has 8 heteroatoms. The summed E-state index contributed by atoms with van der Waals surface area (Å²) in [5.41, 5.74) is 5.91. The molecule has 2 aromatic heterocycles. The highest BCUT2D eigenvalue weighted by atomic mass is 16.6. The third-order valence-corrected chi connectivity index (χ3v) is 6.35. The molecule has 0 aliphatic heterocycles. The molecule has 0 bridgehead atoms. The Hall–Kier alpha value is -4.33. The van der Waals surface area contributed by atoms with Crippen LogP contribution in [0.15, 0.2) is 66.7 Å². The van der Waals surface area contributed by atoms with Crippen LogP contribution in [0.1, 0.15) is 62.3 Å². The average Bonchev–Trinajstić information content (AvgIpc) is 3.55. The van der Waals surface area contributed by atoms with Gasteiger partial charge in [0.05, 0.1) is 16.6 Å². The number of fused-ring (bicyclic) bond motifs is 1. The molecule has 0 amide bonds. The number of ether oxygens (including phenoxy) is 1. The Kier molecular flexibility index (Phi) is 7.05. The number of imidazole rings is 1. The number of aryl methyl sites for hydroxylation is 1. The number of hydrogen-bond acceptors (Lipinski definition) is 6. The van der Waals surface area contributed by atoms with Crippen LogP contribution in [-0.2, 0) is 17.7 Å². The van der Waals surface area contributed by atoms with Crippen molar-refractivity contribution in [3.8, 4) is 22.5 Å². The zero-order chi connectivity index (χ0) is 26.7. The molecular weight excluding hydrogens is 476 g/mol. The maximum absolute atomic E-state index is 12.8. The lowest BCUT2D eigenvalue weighted by atomic mass is 9.98. The molecule has 1 N–H and O–H groups in total. The van der Waals surface area contributed by atoms with Crippen molar-refractivity contribution in [3.63, 3.8) is 0 Å². The number of aromatic nitrogens is 6. The second-order valence-electron chi connectivity index (χ2n) is 10.4.